The molecule has 0 saturated carbocycles. The highest BCUT2D eigenvalue weighted by Gasteiger charge is 2.21. The van der Waals surface area contributed by atoms with E-state index in [1.807, 2.05) is 18.2 Å². The first-order valence-corrected chi connectivity index (χ1v) is 12.3. The zero-order chi connectivity index (χ0) is 20.2. The Bertz CT molecular complexity index is 479. The number of unbranched alkanes of at least 4 members (excludes halogenated alkanes) is 10. The molecule has 0 saturated heterocycles. The molecule has 5 heteroatoms. The van der Waals surface area contributed by atoms with E-state index in [9.17, 15) is 13.0 Å². The van der Waals surface area contributed by atoms with Crippen LogP contribution in [0.3, 0.4) is 0 Å². The largest absolute Gasteiger partial charge is 0.285 e. The molecule has 0 aliphatic carbocycles. The first-order chi connectivity index (χ1) is 13.0. The van der Waals surface area contributed by atoms with Gasteiger partial charge in [-0.15, -0.1) is 0 Å². The first kappa shape index (κ1) is 26.1. The molecule has 158 valence electrons. The van der Waals surface area contributed by atoms with Gasteiger partial charge in [0.15, 0.2) is 0 Å². The van der Waals surface area contributed by atoms with Crippen molar-refractivity contribution in [2.24, 2.45) is 0 Å². The molecular weight excluding hydrogens is 358 g/mol. The van der Waals surface area contributed by atoms with Crippen molar-refractivity contribution in [3.63, 3.8) is 0 Å². The van der Waals surface area contributed by atoms with Gasteiger partial charge in [-0.05, 0) is 25.0 Å². The van der Waals surface area contributed by atoms with E-state index in [4.69, 9.17) is 0 Å². The maximum Gasteiger partial charge on any atom is 0.267 e. The number of nitrogens with zero attached hydrogens (tertiary/aromatic N) is 1. The Morgan fingerprint density at radius 1 is 0.704 bits per heavy atom. The van der Waals surface area contributed by atoms with Gasteiger partial charge in [-0.2, -0.15) is 8.42 Å². The lowest BCUT2D eigenvalue weighted by molar-refractivity contribution is 0.444. The molecule has 1 heterocycles. The van der Waals surface area contributed by atoms with Gasteiger partial charge in [-0.3, -0.25) is 9.54 Å². The van der Waals surface area contributed by atoms with Crippen LogP contribution in [0, 0.1) is 0 Å². The molecule has 0 bridgehead atoms. The minimum absolute atomic E-state index is 0.534. The summed E-state index contributed by atoms with van der Waals surface area (Å²) in [6.45, 7) is 4.33. The maximum atomic E-state index is 11.3. The zero-order valence-electron chi connectivity index (χ0n) is 17.5. The van der Waals surface area contributed by atoms with Gasteiger partial charge in [0.25, 0.3) is 10.1 Å². The quantitative estimate of drug-likeness (QED) is 0.259. The van der Waals surface area contributed by atoms with Crippen molar-refractivity contribution < 1.29 is 13.0 Å². The van der Waals surface area contributed by atoms with Gasteiger partial charge in [-0.1, -0.05) is 97.0 Å². The lowest BCUT2D eigenvalue weighted by atomic mass is 10.0. The molecule has 0 aliphatic rings. The van der Waals surface area contributed by atoms with Gasteiger partial charge in [0, 0.05) is 12.4 Å². The fourth-order valence-corrected chi connectivity index (χ4v) is 3.99. The molecule has 0 aliphatic heterocycles. The molecule has 1 unspecified atom stereocenters. The van der Waals surface area contributed by atoms with Gasteiger partial charge >= 0.3 is 0 Å². The Morgan fingerprint density at radius 3 is 1.48 bits per heavy atom. The van der Waals surface area contributed by atoms with Crippen LogP contribution in [0.15, 0.2) is 30.6 Å². The van der Waals surface area contributed by atoms with Crippen LogP contribution in [-0.2, 0) is 10.1 Å². The maximum absolute atomic E-state index is 11.3. The third kappa shape index (κ3) is 18.2. The predicted octanol–water partition coefficient (Wildman–Crippen LogP) is 6.83. The van der Waals surface area contributed by atoms with Crippen molar-refractivity contribution in [2.75, 3.05) is 0 Å². The van der Waals surface area contributed by atoms with E-state index in [-0.39, 0.29) is 0 Å². The smallest absolute Gasteiger partial charge is 0.267 e. The highest BCUT2D eigenvalue weighted by molar-refractivity contribution is 7.86. The normalized spacial score (nSPS) is 12.3. The Morgan fingerprint density at radius 2 is 1.11 bits per heavy atom. The average molecular weight is 400 g/mol. The number of aromatic nitrogens is 1. The molecule has 1 atom stereocenters. The third-order valence-corrected chi connectivity index (χ3v) is 6.06. The second-order valence-electron chi connectivity index (χ2n) is 7.27. The van der Waals surface area contributed by atoms with Crippen LogP contribution in [0.2, 0.25) is 0 Å². The molecule has 0 aromatic carbocycles. The van der Waals surface area contributed by atoms with Crippen LogP contribution in [0.4, 0.5) is 0 Å². The fourth-order valence-electron chi connectivity index (χ4n) is 3.06. The van der Waals surface area contributed by atoms with Gasteiger partial charge < -0.3 is 0 Å². The summed E-state index contributed by atoms with van der Waals surface area (Å²) >= 11 is 0. The molecule has 0 spiro atoms. The summed E-state index contributed by atoms with van der Waals surface area (Å²) in [5.41, 5.74) is 0. The van der Waals surface area contributed by atoms with E-state index in [1.165, 1.54) is 44.9 Å². The average Bonchev–Trinajstić information content (AvgIpc) is 2.66. The SMILES string of the molecule is CCCCCCCCCCCC(CCCCC)S(=O)(=O)O.c1ccncc1. The summed E-state index contributed by atoms with van der Waals surface area (Å²) in [4.78, 5) is 3.78. The van der Waals surface area contributed by atoms with E-state index < -0.39 is 15.4 Å². The van der Waals surface area contributed by atoms with Gasteiger partial charge in [0.2, 0.25) is 0 Å². The summed E-state index contributed by atoms with van der Waals surface area (Å²) in [6, 6.07) is 5.72. The molecule has 0 radical (unpaired) electrons. The fraction of sp³-hybridized carbons (Fsp3) is 0.773. The second-order valence-corrected chi connectivity index (χ2v) is 8.97. The van der Waals surface area contributed by atoms with Crippen molar-refractivity contribution >= 4 is 10.1 Å². The Labute approximate surface area is 167 Å². The number of pyridine rings is 1. The molecule has 1 N–H and O–H groups in total. The molecule has 0 amide bonds. The molecule has 27 heavy (non-hydrogen) atoms. The zero-order valence-corrected chi connectivity index (χ0v) is 18.3. The number of hydrogen-bond donors (Lipinski definition) is 1. The predicted molar refractivity (Wildman–Crippen MR) is 116 cm³/mol. The third-order valence-electron chi connectivity index (χ3n) is 4.75. The Hall–Kier alpha value is -0.940. The van der Waals surface area contributed by atoms with Crippen molar-refractivity contribution in [3.8, 4) is 0 Å². The Balaban J connectivity index is 0.000000941. The van der Waals surface area contributed by atoms with Crippen molar-refractivity contribution in [2.45, 2.75) is 109 Å². The molecule has 4 nitrogen and oxygen atoms in total. The van der Waals surface area contributed by atoms with Crippen molar-refractivity contribution in [3.05, 3.63) is 30.6 Å². The van der Waals surface area contributed by atoms with E-state index in [2.05, 4.69) is 18.8 Å². The highest BCUT2D eigenvalue weighted by atomic mass is 32.2. The van der Waals surface area contributed by atoms with Crippen LogP contribution < -0.4 is 0 Å². The van der Waals surface area contributed by atoms with E-state index in [1.54, 1.807) is 12.4 Å². The summed E-state index contributed by atoms with van der Waals surface area (Å²) in [5, 5.41) is -0.534. The highest BCUT2D eigenvalue weighted by Crippen LogP contribution is 2.18. The summed E-state index contributed by atoms with van der Waals surface area (Å²) < 4.78 is 32.0. The Kier molecular flexibility index (Phi) is 17.8. The summed E-state index contributed by atoms with van der Waals surface area (Å²) in [6.07, 6.45) is 18.8. The van der Waals surface area contributed by atoms with Crippen LogP contribution in [0.1, 0.15) is 104 Å². The van der Waals surface area contributed by atoms with Gasteiger partial charge in [0.1, 0.15) is 0 Å². The van der Waals surface area contributed by atoms with Crippen molar-refractivity contribution in [1.29, 1.82) is 0 Å². The minimum Gasteiger partial charge on any atom is -0.285 e. The second kappa shape index (κ2) is 18.4. The number of hydrogen-bond acceptors (Lipinski definition) is 3. The summed E-state index contributed by atoms with van der Waals surface area (Å²) in [5.74, 6) is 0. The summed E-state index contributed by atoms with van der Waals surface area (Å²) in [7, 11) is -3.85. The standard InChI is InChI=1S/C17H36O3S.C5H5N/c1-3-5-7-8-9-10-11-12-14-16-17(21(18,19)20)15-13-6-4-2;1-2-4-6-5-3-1/h17H,3-16H2,1-2H3,(H,18,19,20);1-5H. The lowest BCUT2D eigenvalue weighted by Crippen LogP contribution is -2.20. The van der Waals surface area contributed by atoms with E-state index in [0.29, 0.717) is 12.8 Å². The van der Waals surface area contributed by atoms with Crippen LogP contribution in [0.5, 0.6) is 0 Å². The topological polar surface area (TPSA) is 67.3 Å². The first-order valence-electron chi connectivity index (χ1n) is 10.8. The molecule has 1 rings (SSSR count). The van der Waals surface area contributed by atoms with Gasteiger partial charge in [0.05, 0.1) is 5.25 Å². The van der Waals surface area contributed by atoms with Crippen molar-refractivity contribution in [1.82, 2.24) is 4.98 Å². The van der Waals surface area contributed by atoms with Crippen LogP contribution in [-0.4, -0.2) is 23.2 Å². The van der Waals surface area contributed by atoms with E-state index in [0.717, 1.165) is 32.1 Å². The molecule has 1 aromatic heterocycles. The molecule has 1 aromatic rings. The minimum atomic E-state index is -3.85. The molecular formula is C22H41NO3S. The van der Waals surface area contributed by atoms with Crippen LogP contribution in [0.25, 0.3) is 0 Å². The monoisotopic (exact) mass is 399 g/mol. The molecule has 0 fully saturated rings. The van der Waals surface area contributed by atoms with Crippen LogP contribution >= 0.6 is 0 Å². The van der Waals surface area contributed by atoms with Gasteiger partial charge in [-0.25, -0.2) is 0 Å². The lowest BCUT2D eigenvalue weighted by Gasteiger charge is -2.13. The number of rotatable bonds is 15. The van der Waals surface area contributed by atoms with E-state index >= 15 is 0 Å².